The maximum absolute atomic E-state index is 13.3. The predicted octanol–water partition coefficient (Wildman–Crippen LogP) is 5.58. The van der Waals surface area contributed by atoms with E-state index in [9.17, 15) is 13.6 Å². The van der Waals surface area contributed by atoms with Crippen LogP contribution in [-0.4, -0.2) is 21.2 Å². The van der Waals surface area contributed by atoms with Gasteiger partial charge in [0.2, 0.25) is 5.91 Å². The lowest BCUT2D eigenvalue weighted by molar-refractivity contribution is -0.113. The van der Waals surface area contributed by atoms with Gasteiger partial charge in [0.25, 0.3) is 0 Å². The van der Waals surface area contributed by atoms with Crippen molar-refractivity contribution >= 4 is 61.9 Å². The molecule has 0 aliphatic rings. The van der Waals surface area contributed by atoms with Crippen molar-refractivity contribution in [1.29, 1.82) is 0 Å². The molecule has 9 heteroatoms. The number of aromatic nitrogens is 2. The van der Waals surface area contributed by atoms with Crippen molar-refractivity contribution in [3.63, 3.8) is 0 Å². The fourth-order valence-corrected chi connectivity index (χ4v) is 3.75. The molecule has 2 aromatic carbocycles. The van der Waals surface area contributed by atoms with Crippen LogP contribution in [0.25, 0.3) is 11.0 Å². The van der Waals surface area contributed by atoms with Crippen LogP contribution in [0.2, 0.25) is 5.02 Å². The second kappa shape index (κ2) is 7.72. The van der Waals surface area contributed by atoms with E-state index in [-0.39, 0.29) is 16.8 Å². The fraction of sp³-hybridized carbons (Fsp3) is 0.125. The van der Waals surface area contributed by atoms with Gasteiger partial charge in [-0.2, -0.15) is 8.78 Å². The average molecular weight is 447 g/mol. The number of benzene rings is 2. The van der Waals surface area contributed by atoms with Crippen molar-refractivity contribution in [3.05, 3.63) is 52.0 Å². The summed E-state index contributed by atoms with van der Waals surface area (Å²) in [7, 11) is 0. The first-order valence-electron chi connectivity index (χ1n) is 7.08. The topological polar surface area (TPSA) is 46.9 Å². The standard InChI is InChI=1S/C16H11BrClF2N3OS/c17-9-5-6-11(10(18)7-9)21-14(24)8-25-16-22-12-3-1-2-4-13(12)23(16)15(19)20/h1-7,15H,8H2,(H,21,24). The molecule has 0 fully saturated rings. The number of fused-ring (bicyclic) bond motifs is 1. The Bertz CT molecular complexity index is 935. The van der Waals surface area contributed by atoms with Crippen LogP contribution in [0.3, 0.4) is 0 Å². The van der Waals surface area contributed by atoms with E-state index in [4.69, 9.17) is 11.6 Å². The van der Waals surface area contributed by atoms with Crippen molar-refractivity contribution < 1.29 is 13.6 Å². The number of carbonyl (C=O) groups excluding carboxylic acids is 1. The minimum atomic E-state index is -2.74. The Hall–Kier alpha value is -1.64. The summed E-state index contributed by atoms with van der Waals surface area (Å²) in [6, 6.07) is 11.7. The number of hydrogen-bond acceptors (Lipinski definition) is 3. The maximum Gasteiger partial charge on any atom is 0.321 e. The quantitative estimate of drug-likeness (QED) is 0.521. The molecule has 3 rings (SSSR count). The Labute approximate surface area is 159 Å². The highest BCUT2D eigenvalue weighted by atomic mass is 79.9. The molecule has 130 valence electrons. The molecule has 1 aromatic heterocycles. The summed E-state index contributed by atoms with van der Waals surface area (Å²) >= 11 is 10.3. The zero-order valence-electron chi connectivity index (χ0n) is 12.5. The van der Waals surface area contributed by atoms with Crippen LogP contribution >= 0.6 is 39.3 Å². The number of imidazole rings is 1. The summed E-state index contributed by atoms with van der Waals surface area (Å²) in [5.41, 5.74) is 1.25. The number of para-hydroxylation sites is 2. The maximum atomic E-state index is 13.3. The first-order valence-corrected chi connectivity index (χ1v) is 9.24. The third-order valence-corrected chi connectivity index (χ3v) is 5.05. The van der Waals surface area contributed by atoms with E-state index in [0.717, 1.165) is 20.8 Å². The Morgan fingerprint density at radius 2 is 2.08 bits per heavy atom. The number of anilines is 1. The van der Waals surface area contributed by atoms with E-state index < -0.39 is 6.55 Å². The molecule has 25 heavy (non-hydrogen) atoms. The predicted molar refractivity (Wildman–Crippen MR) is 99.5 cm³/mol. The van der Waals surface area contributed by atoms with Gasteiger partial charge in [-0.25, -0.2) is 4.98 Å². The van der Waals surface area contributed by atoms with Gasteiger partial charge in [0.1, 0.15) is 0 Å². The first kappa shape index (κ1) is 18.2. The van der Waals surface area contributed by atoms with Gasteiger partial charge < -0.3 is 5.32 Å². The van der Waals surface area contributed by atoms with Gasteiger partial charge in [-0.1, -0.05) is 51.4 Å². The van der Waals surface area contributed by atoms with Crippen LogP contribution in [0.15, 0.2) is 52.1 Å². The van der Waals surface area contributed by atoms with Crippen LogP contribution in [0.5, 0.6) is 0 Å². The summed E-state index contributed by atoms with van der Waals surface area (Å²) < 4.78 is 28.3. The first-order chi connectivity index (χ1) is 12.0. The Morgan fingerprint density at radius 3 is 2.80 bits per heavy atom. The Morgan fingerprint density at radius 1 is 1.32 bits per heavy atom. The van der Waals surface area contributed by atoms with Gasteiger partial charge >= 0.3 is 6.55 Å². The van der Waals surface area contributed by atoms with Gasteiger partial charge in [-0.3, -0.25) is 9.36 Å². The number of nitrogens with zero attached hydrogens (tertiary/aromatic N) is 2. The molecule has 0 aliphatic carbocycles. The SMILES string of the molecule is O=C(CSc1nc2ccccc2n1C(F)F)Nc1ccc(Br)cc1Cl. The summed E-state index contributed by atoms with van der Waals surface area (Å²) in [6.07, 6.45) is 0. The molecule has 0 atom stereocenters. The lowest BCUT2D eigenvalue weighted by atomic mass is 10.3. The summed E-state index contributed by atoms with van der Waals surface area (Å²) in [5, 5.41) is 3.13. The summed E-state index contributed by atoms with van der Waals surface area (Å²) in [4.78, 5) is 16.3. The van der Waals surface area contributed by atoms with Crippen molar-refractivity contribution in [3.8, 4) is 0 Å². The van der Waals surface area contributed by atoms with E-state index in [0.29, 0.717) is 21.7 Å². The van der Waals surface area contributed by atoms with Crippen LogP contribution in [0.1, 0.15) is 6.55 Å². The molecule has 4 nitrogen and oxygen atoms in total. The van der Waals surface area contributed by atoms with Crippen LogP contribution in [0.4, 0.5) is 14.5 Å². The number of carbonyl (C=O) groups is 1. The van der Waals surface area contributed by atoms with Crippen molar-refractivity contribution in [2.75, 3.05) is 11.1 Å². The highest BCUT2D eigenvalue weighted by molar-refractivity contribution is 9.10. The molecule has 3 aromatic rings. The molecule has 0 saturated heterocycles. The minimum absolute atomic E-state index is 0.0670. The van der Waals surface area contributed by atoms with Crippen LogP contribution in [0, 0.1) is 0 Å². The van der Waals surface area contributed by atoms with Gasteiger partial charge in [-0.05, 0) is 30.3 Å². The van der Waals surface area contributed by atoms with E-state index in [1.165, 1.54) is 0 Å². The number of nitrogens with one attached hydrogen (secondary N) is 1. The number of alkyl halides is 2. The number of halogens is 4. The molecule has 1 heterocycles. The summed E-state index contributed by atoms with van der Waals surface area (Å²) in [5.74, 6) is -0.426. The van der Waals surface area contributed by atoms with Crippen molar-refractivity contribution in [2.24, 2.45) is 0 Å². The zero-order chi connectivity index (χ0) is 18.0. The lowest BCUT2D eigenvalue weighted by Crippen LogP contribution is -2.15. The summed E-state index contributed by atoms with van der Waals surface area (Å²) in [6.45, 7) is -2.74. The third-order valence-electron chi connectivity index (χ3n) is 3.30. The lowest BCUT2D eigenvalue weighted by Gasteiger charge is -2.09. The Kier molecular flexibility index (Phi) is 5.61. The zero-order valence-corrected chi connectivity index (χ0v) is 15.7. The number of hydrogen-bond donors (Lipinski definition) is 1. The van der Waals surface area contributed by atoms with Gasteiger partial charge in [0.15, 0.2) is 5.16 Å². The molecule has 0 bridgehead atoms. The third kappa shape index (κ3) is 4.13. The largest absolute Gasteiger partial charge is 0.324 e. The van der Waals surface area contributed by atoms with Crippen molar-refractivity contribution in [2.45, 2.75) is 11.7 Å². The van der Waals surface area contributed by atoms with E-state index in [1.54, 1.807) is 42.5 Å². The second-order valence-corrected chi connectivity index (χ2v) is 7.26. The van der Waals surface area contributed by atoms with Crippen LogP contribution in [-0.2, 0) is 4.79 Å². The van der Waals surface area contributed by atoms with Crippen LogP contribution < -0.4 is 5.32 Å². The highest BCUT2D eigenvalue weighted by Gasteiger charge is 2.19. The molecular weight excluding hydrogens is 436 g/mol. The van der Waals surface area contributed by atoms with Crippen molar-refractivity contribution in [1.82, 2.24) is 9.55 Å². The molecule has 0 saturated carbocycles. The highest BCUT2D eigenvalue weighted by Crippen LogP contribution is 2.30. The second-order valence-electron chi connectivity index (χ2n) is 4.99. The molecule has 1 amide bonds. The Balaban J connectivity index is 1.74. The number of thioether (sulfide) groups is 1. The number of rotatable bonds is 5. The molecule has 0 aliphatic heterocycles. The average Bonchev–Trinajstić information content (AvgIpc) is 2.94. The normalized spacial score (nSPS) is 11.2. The van der Waals surface area contributed by atoms with E-state index in [2.05, 4.69) is 26.2 Å². The van der Waals surface area contributed by atoms with E-state index in [1.807, 2.05) is 0 Å². The molecule has 0 unspecified atom stereocenters. The van der Waals surface area contributed by atoms with Gasteiger partial charge in [-0.15, -0.1) is 0 Å². The molecular formula is C16H11BrClF2N3OS. The van der Waals surface area contributed by atoms with E-state index >= 15 is 0 Å². The van der Waals surface area contributed by atoms with Gasteiger partial charge in [0, 0.05) is 4.47 Å². The molecule has 0 radical (unpaired) electrons. The molecule has 0 spiro atoms. The smallest absolute Gasteiger partial charge is 0.321 e. The molecule has 1 N–H and O–H groups in total. The number of amides is 1. The van der Waals surface area contributed by atoms with Gasteiger partial charge in [0.05, 0.1) is 27.5 Å². The monoisotopic (exact) mass is 445 g/mol. The minimum Gasteiger partial charge on any atom is -0.324 e. The fourth-order valence-electron chi connectivity index (χ4n) is 2.22.